The lowest BCUT2D eigenvalue weighted by Gasteiger charge is -2.15. The molecular weight excluding hydrogens is 234 g/mol. The van der Waals surface area contributed by atoms with Crippen molar-refractivity contribution in [3.8, 4) is 0 Å². The number of urea groups is 1. The fourth-order valence-electron chi connectivity index (χ4n) is 1.98. The Hall–Kier alpha value is -1.63. The third-order valence-electron chi connectivity index (χ3n) is 3.06. The zero-order valence-electron chi connectivity index (χ0n) is 10.7. The Kier molecular flexibility index (Phi) is 4.14. The van der Waals surface area contributed by atoms with Gasteiger partial charge >= 0.3 is 6.03 Å². The van der Waals surface area contributed by atoms with Crippen molar-refractivity contribution < 1.29 is 9.53 Å². The minimum atomic E-state index is -0.183. The van der Waals surface area contributed by atoms with Gasteiger partial charge in [0.25, 0.3) is 0 Å². The quantitative estimate of drug-likeness (QED) is 0.804. The number of nitrogens with one attached hydrogen (secondary N) is 2. The molecule has 1 aromatic rings. The number of hydrogen-bond acceptors (Lipinski definition) is 4. The standard InChI is InChI=1S/C11H19N5O2/c1-8(10-15-13-7-16(10)2)14-11(17)12-5-9-3-4-18-6-9/h7-9H,3-6H2,1-2H3,(H2,12,14,17)/t8-,9+/m0/s1. The highest BCUT2D eigenvalue weighted by Gasteiger charge is 2.18. The van der Waals surface area contributed by atoms with Crippen LogP contribution < -0.4 is 10.6 Å². The molecule has 7 nitrogen and oxygen atoms in total. The number of amides is 2. The SMILES string of the molecule is C[C@H](NC(=O)NC[C@H]1CCOC1)c1nncn1C. The average molecular weight is 253 g/mol. The first-order chi connectivity index (χ1) is 8.66. The molecule has 1 aliphatic rings. The topological polar surface area (TPSA) is 81.1 Å². The van der Waals surface area contributed by atoms with Crippen LogP contribution in [0.2, 0.25) is 0 Å². The van der Waals surface area contributed by atoms with Gasteiger partial charge in [0.2, 0.25) is 0 Å². The second-order valence-electron chi connectivity index (χ2n) is 4.61. The number of nitrogens with zero attached hydrogens (tertiary/aromatic N) is 3. The van der Waals surface area contributed by atoms with Crippen LogP contribution in [0.25, 0.3) is 0 Å². The Balaban J connectivity index is 1.75. The predicted octanol–water partition coefficient (Wildman–Crippen LogP) is 0.212. The van der Waals surface area contributed by atoms with E-state index in [-0.39, 0.29) is 12.1 Å². The van der Waals surface area contributed by atoms with Crippen LogP contribution in [0.5, 0.6) is 0 Å². The molecule has 2 N–H and O–H groups in total. The van der Waals surface area contributed by atoms with Crippen LogP contribution in [0.15, 0.2) is 6.33 Å². The molecule has 7 heteroatoms. The maximum atomic E-state index is 11.7. The summed E-state index contributed by atoms with van der Waals surface area (Å²) in [6.07, 6.45) is 2.63. The molecule has 0 saturated carbocycles. The number of aryl methyl sites for hydroxylation is 1. The van der Waals surface area contributed by atoms with Crippen LogP contribution in [0.1, 0.15) is 25.2 Å². The molecule has 1 aromatic heterocycles. The Morgan fingerprint density at radius 2 is 2.56 bits per heavy atom. The first kappa shape index (κ1) is 12.8. The van der Waals surface area contributed by atoms with Crippen LogP contribution in [0.4, 0.5) is 4.79 Å². The molecule has 1 fully saturated rings. The van der Waals surface area contributed by atoms with Gasteiger partial charge in [-0.1, -0.05) is 0 Å². The minimum Gasteiger partial charge on any atom is -0.381 e. The van der Waals surface area contributed by atoms with Gasteiger partial charge in [0, 0.05) is 26.1 Å². The van der Waals surface area contributed by atoms with Crippen LogP contribution in [0.3, 0.4) is 0 Å². The fourth-order valence-corrected chi connectivity index (χ4v) is 1.98. The van der Waals surface area contributed by atoms with Gasteiger partial charge in [0.1, 0.15) is 6.33 Å². The van der Waals surface area contributed by atoms with Gasteiger partial charge in [-0.15, -0.1) is 10.2 Å². The van der Waals surface area contributed by atoms with Crippen LogP contribution >= 0.6 is 0 Å². The molecule has 0 radical (unpaired) electrons. The van der Waals surface area contributed by atoms with Crippen molar-refractivity contribution in [2.75, 3.05) is 19.8 Å². The Morgan fingerprint density at radius 3 is 3.17 bits per heavy atom. The molecular formula is C11H19N5O2. The second-order valence-corrected chi connectivity index (χ2v) is 4.61. The van der Waals surface area contributed by atoms with E-state index in [1.807, 2.05) is 14.0 Å². The monoisotopic (exact) mass is 253 g/mol. The molecule has 1 saturated heterocycles. The van der Waals surface area contributed by atoms with Crippen LogP contribution in [0, 0.1) is 5.92 Å². The van der Waals surface area contributed by atoms with Gasteiger partial charge in [-0.3, -0.25) is 0 Å². The highest BCUT2D eigenvalue weighted by molar-refractivity contribution is 5.74. The van der Waals surface area contributed by atoms with Crippen LogP contribution in [-0.2, 0) is 11.8 Å². The maximum absolute atomic E-state index is 11.7. The summed E-state index contributed by atoms with van der Waals surface area (Å²) in [5.74, 6) is 1.16. The van der Waals surface area contributed by atoms with Crippen molar-refractivity contribution in [2.24, 2.45) is 13.0 Å². The Labute approximate surface area is 106 Å². The highest BCUT2D eigenvalue weighted by Crippen LogP contribution is 2.11. The molecule has 0 bridgehead atoms. The predicted molar refractivity (Wildman–Crippen MR) is 64.9 cm³/mol. The van der Waals surface area contributed by atoms with E-state index in [2.05, 4.69) is 20.8 Å². The molecule has 0 spiro atoms. The van der Waals surface area contributed by atoms with Gasteiger partial charge < -0.3 is 19.9 Å². The summed E-state index contributed by atoms with van der Waals surface area (Å²) in [7, 11) is 1.85. The van der Waals surface area contributed by atoms with E-state index >= 15 is 0 Å². The minimum absolute atomic E-state index is 0.169. The molecule has 18 heavy (non-hydrogen) atoms. The lowest BCUT2D eigenvalue weighted by atomic mass is 10.1. The van der Waals surface area contributed by atoms with E-state index in [4.69, 9.17) is 4.74 Å². The van der Waals surface area contributed by atoms with Gasteiger partial charge in [-0.05, 0) is 13.3 Å². The number of ether oxygens (including phenoxy) is 1. The number of rotatable bonds is 4. The second kappa shape index (κ2) is 5.81. The molecule has 0 aromatic carbocycles. The molecule has 2 amide bonds. The fraction of sp³-hybridized carbons (Fsp3) is 0.727. The van der Waals surface area contributed by atoms with E-state index in [9.17, 15) is 4.79 Å². The summed E-state index contributed by atoms with van der Waals surface area (Å²) in [5.41, 5.74) is 0. The van der Waals surface area contributed by atoms with Gasteiger partial charge in [0.15, 0.2) is 5.82 Å². The normalized spacial score (nSPS) is 20.7. The third kappa shape index (κ3) is 3.19. The Morgan fingerprint density at radius 1 is 1.72 bits per heavy atom. The lowest BCUT2D eigenvalue weighted by Crippen LogP contribution is -2.40. The zero-order chi connectivity index (χ0) is 13.0. The van der Waals surface area contributed by atoms with Crippen molar-refractivity contribution in [3.05, 3.63) is 12.2 Å². The van der Waals surface area contributed by atoms with E-state index < -0.39 is 0 Å². The van der Waals surface area contributed by atoms with Crippen molar-refractivity contribution in [3.63, 3.8) is 0 Å². The average Bonchev–Trinajstić information content (AvgIpc) is 2.97. The molecule has 2 heterocycles. The summed E-state index contributed by atoms with van der Waals surface area (Å²) in [4.78, 5) is 11.7. The lowest BCUT2D eigenvalue weighted by molar-refractivity contribution is 0.185. The highest BCUT2D eigenvalue weighted by atomic mass is 16.5. The maximum Gasteiger partial charge on any atom is 0.315 e. The zero-order valence-corrected chi connectivity index (χ0v) is 10.7. The van der Waals surface area contributed by atoms with Gasteiger partial charge in [-0.2, -0.15) is 0 Å². The summed E-state index contributed by atoms with van der Waals surface area (Å²) in [6, 6.07) is -0.352. The van der Waals surface area contributed by atoms with E-state index in [0.717, 1.165) is 25.5 Å². The van der Waals surface area contributed by atoms with Crippen LogP contribution in [-0.4, -0.2) is 40.6 Å². The van der Waals surface area contributed by atoms with Crippen molar-refractivity contribution in [1.29, 1.82) is 0 Å². The number of hydrogen-bond donors (Lipinski definition) is 2. The summed E-state index contributed by atoms with van der Waals surface area (Å²) in [6.45, 7) is 4.06. The molecule has 2 atom stereocenters. The van der Waals surface area contributed by atoms with E-state index in [0.29, 0.717) is 12.5 Å². The molecule has 100 valence electrons. The van der Waals surface area contributed by atoms with E-state index in [1.54, 1.807) is 10.9 Å². The molecule has 1 aliphatic heterocycles. The van der Waals surface area contributed by atoms with Gasteiger partial charge in [0.05, 0.1) is 12.6 Å². The van der Waals surface area contributed by atoms with Gasteiger partial charge in [-0.25, -0.2) is 4.79 Å². The summed E-state index contributed by atoms with van der Waals surface area (Å²) >= 11 is 0. The third-order valence-corrected chi connectivity index (χ3v) is 3.06. The molecule has 0 unspecified atom stereocenters. The number of carbonyl (C=O) groups excluding carboxylic acids is 1. The number of aromatic nitrogens is 3. The molecule has 2 rings (SSSR count). The molecule has 0 aliphatic carbocycles. The first-order valence-corrected chi connectivity index (χ1v) is 6.13. The largest absolute Gasteiger partial charge is 0.381 e. The smallest absolute Gasteiger partial charge is 0.315 e. The van der Waals surface area contributed by atoms with E-state index in [1.165, 1.54) is 0 Å². The van der Waals surface area contributed by atoms with Crippen molar-refractivity contribution in [2.45, 2.75) is 19.4 Å². The summed E-state index contributed by atoms with van der Waals surface area (Å²) < 4.78 is 7.04. The van der Waals surface area contributed by atoms with Crippen molar-refractivity contribution >= 4 is 6.03 Å². The summed E-state index contributed by atoms with van der Waals surface area (Å²) in [5, 5.41) is 13.4. The number of carbonyl (C=O) groups is 1. The first-order valence-electron chi connectivity index (χ1n) is 6.13. The Bertz CT molecular complexity index is 400. The van der Waals surface area contributed by atoms with Crippen molar-refractivity contribution in [1.82, 2.24) is 25.4 Å².